The van der Waals surface area contributed by atoms with Crippen molar-refractivity contribution in [3.63, 3.8) is 0 Å². The summed E-state index contributed by atoms with van der Waals surface area (Å²) in [6.07, 6.45) is -10.8. The number of carbonyl (C=O) groups excluding carboxylic acids is 1. The van der Waals surface area contributed by atoms with Gasteiger partial charge in [-0.25, -0.2) is 4.98 Å². The van der Waals surface area contributed by atoms with Crippen molar-refractivity contribution in [2.75, 3.05) is 0 Å². The maximum atomic E-state index is 12.3. The predicted octanol–water partition coefficient (Wildman–Crippen LogP) is 2.52. The van der Waals surface area contributed by atoms with E-state index in [-0.39, 0.29) is 6.20 Å². The van der Waals surface area contributed by atoms with Crippen molar-refractivity contribution in [2.24, 2.45) is 0 Å². The number of ether oxygens (including phenoxy) is 1. The lowest BCUT2D eigenvalue weighted by atomic mass is 10.1. The highest BCUT2D eigenvalue weighted by molar-refractivity contribution is 5.82. The van der Waals surface area contributed by atoms with Gasteiger partial charge in [-0.2, -0.15) is 13.2 Å². The molecule has 0 atom stereocenters. The number of carbonyl (C=O) groups is 1. The predicted molar refractivity (Wildman–Crippen MR) is 43.0 cm³/mol. The minimum Gasteiger partial charge on any atom is -0.503 e. The van der Waals surface area contributed by atoms with Crippen molar-refractivity contribution < 1.29 is 41.0 Å². The lowest BCUT2D eigenvalue weighted by Crippen LogP contribution is -2.19. The molecule has 0 amide bonds. The minimum atomic E-state index is -5.26. The van der Waals surface area contributed by atoms with Gasteiger partial charge < -0.3 is 9.84 Å². The smallest absolute Gasteiger partial charge is 0.503 e. The fourth-order valence-electron chi connectivity index (χ4n) is 1.03. The molecule has 1 aromatic heterocycles. The Morgan fingerprint density at radius 1 is 1.22 bits per heavy atom. The molecule has 1 rings (SSSR count). The Kier molecular flexibility index (Phi) is 3.40. The van der Waals surface area contributed by atoms with Crippen LogP contribution in [0.2, 0.25) is 0 Å². The van der Waals surface area contributed by atoms with Gasteiger partial charge in [-0.1, -0.05) is 0 Å². The Morgan fingerprint density at radius 2 is 1.78 bits per heavy atom. The summed E-state index contributed by atoms with van der Waals surface area (Å²) in [7, 11) is 0. The van der Waals surface area contributed by atoms with Crippen molar-refractivity contribution in [1.29, 1.82) is 0 Å². The first-order chi connectivity index (χ1) is 8.06. The average molecular weight is 275 g/mol. The van der Waals surface area contributed by atoms with Crippen molar-refractivity contribution in [3.8, 4) is 11.6 Å². The molecule has 0 saturated heterocycles. The van der Waals surface area contributed by atoms with Crippen LogP contribution in [0.3, 0.4) is 0 Å². The fraction of sp³-hybridized carbons (Fsp3) is 0.250. The molecule has 10 heteroatoms. The summed E-state index contributed by atoms with van der Waals surface area (Å²) in [6.45, 7) is 0. The van der Waals surface area contributed by atoms with E-state index in [0.717, 1.165) is 0 Å². The van der Waals surface area contributed by atoms with E-state index in [1.54, 1.807) is 0 Å². The zero-order valence-corrected chi connectivity index (χ0v) is 8.13. The van der Waals surface area contributed by atoms with Crippen LogP contribution in [0, 0.1) is 0 Å². The van der Waals surface area contributed by atoms with Crippen LogP contribution in [0.4, 0.5) is 26.3 Å². The van der Waals surface area contributed by atoms with E-state index < -0.39 is 41.6 Å². The number of halogens is 6. The summed E-state index contributed by atoms with van der Waals surface area (Å²) in [5, 5.41) is 9.08. The van der Waals surface area contributed by atoms with Crippen LogP contribution in [0.25, 0.3) is 0 Å². The third kappa shape index (κ3) is 3.02. The van der Waals surface area contributed by atoms with E-state index in [0.29, 0.717) is 0 Å². The Morgan fingerprint density at radius 3 is 2.17 bits per heavy atom. The molecule has 0 aliphatic rings. The molecular formula is C8H3F6NO3. The van der Waals surface area contributed by atoms with Gasteiger partial charge in [0.15, 0.2) is 12.0 Å². The molecule has 1 heterocycles. The Balaban J connectivity index is 3.34. The molecule has 18 heavy (non-hydrogen) atoms. The summed E-state index contributed by atoms with van der Waals surface area (Å²) in [6, 6.07) is 0. The van der Waals surface area contributed by atoms with Crippen LogP contribution in [-0.4, -0.2) is 22.7 Å². The number of hydrogen-bond donors (Lipinski definition) is 1. The molecule has 0 spiro atoms. The number of nitrogens with zero attached hydrogens (tertiary/aromatic N) is 1. The zero-order chi connectivity index (χ0) is 14.1. The minimum absolute atomic E-state index is 0.0372. The molecule has 0 aliphatic carbocycles. The van der Waals surface area contributed by atoms with Gasteiger partial charge in [0.25, 0.3) is 5.88 Å². The molecule has 0 unspecified atom stereocenters. The molecule has 0 radical (unpaired) electrons. The molecule has 0 bridgehead atoms. The van der Waals surface area contributed by atoms with Gasteiger partial charge in [-0.05, 0) is 0 Å². The topological polar surface area (TPSA) is 59.4 Å². The number of hydrogen-bond acceptors (Lipinski definition) is 4. The van der Waals surface area contributed by atoms with Crippen LogP contribution in [0.1, 0.15) is 15.9 Å². The van der Waals surface area contributed by atoms with E-state index in [2.05, 4.69) is 9.72 Å². The number of rotatable bonds is 2. The average Bonchev–Trinajstić information content (AvgIpc) is 2.17. The second-order valence-corrected chi connectivity index (χ2v) is 2.90. The Hall–Kier alpha value is -2.00. The lowest BCUT2D eigenvalue weighted by molar-refractivity contribution is -0.276. The van der Waals surface area contributed by atoms with Crippen LogP contribution in [0.15, 0.2) is 6.20 Å². The molecular weight excluding hydrogens is 272 g/mol. The van der Waals surface area contributed by atoms with Gasteiger partial charge in [0.1, 0.15) is 0 Å². The first kappa shape index (κ1) is 14.1. The monoisotopic (exact) mass is 275 g/mol. The van der Waals surface area contributed by atoms with Gasteiger partial charge in [-0.3, -0.25) is 4.79 Å². The number of aromatic nitrogens is 1. The van der Waals surface area contributed by atoms with E-state index in [1.807, 2.05) is 0 Å². The maximum absolute atomic E-state index is 12.3. The van der Waals surface area contributed by atoms with E-state index in [9.17, 15) is 31.1 Å². The quantitative estimate of drug-likeness (QED) is 0.665. The molecule has 0 saturated carbocycles. The van der Waals surface area contributed by atoms with Crippen LogP contribution >= 0.6 is 0 Å². The normalized spacial score (nSPS) is 12.3. The Bertz CT molecular complexity index is 467. The first-order valence-corrected chi connectivity index (χ1v) is 4.06. The number of aldehydes is 1. The molecule has 100 valence electrons. The highest BCUT2D eigenvalue weighted by Crippen LogP contribution is 2.39. The third-order valence-electron chi connectivity index (χ3n) is 1.69. The van der Waals surface area contributed by atoms with Crippen molar-refractivity contribution in [2.45, 2.75) is 12.5 Å². The molecule has 4 nitrogen and oxygen atoms in total. The van der Waals surface area contributed by atoms with Crippen molar-refractivity contribution >= 4 is 6.29 Å². The van der Waals surface area contributed by atoms with Gasteiger partial charge in [-0.15, -0.1) is 13.2 Å². The number of aromatic hydroxyl groups is 1. The standard InChI is InChI=1S/C8H3F6NO3/c9-7(10,11)4-1-15-6(18-8(12,13)14)5(17)3(4)2-16/h1-2,17H. The van der Waals surface area contributed by atoms with Gasteiger partial charge >= 0.3 is 12.5 Å². The summed E-state index contributed by atoms with van der Waals surface area (Å²) >= 11 is 0. The van der Waals surface area contributed by atoms with Crippen LogP contribution in [0.5, 0.6) is 11.6 Å². The van der Waals surface area contributed by atoms with E-state index in [4.69, 9.17) is 5.11 Å². The van der Waals surface area contributed by atoms with Crippen LogP contribution < -0.4 is 4.74 Å². The van der Waals surface area contributed by atoms with Gasteiger partial charge in [0.05, 0.1) is 11.1 Å². The summed E-state index contributed by atoms with van der Waals surface area (Å²) < 4.78 is 75.5. The summed E-state index contributed by atoms with van der Waals surface area (Å²) in [5.41, 5.74) is -3.04. The highest BCUT2D eigenvalue weighted by Gasteiger charge is 2.38. The molecule has 0 aromatic carbocycles. The van der Waals surface area contributed by atoms with Crippen molar-refractivity contribution in [1.82, 2.24) is 4.98 Å². The SMILES string of the molecule is O=Cc1c(C(F)(F)F)cnc(OC(F)(F)F)c1O. The zero-order valence-electron chi connectivity index (χ0n) is 8.13. The van der Waals surface area contributed by atoms with Crippen LogP contribution in [-0.2, 0) is 6.18 Å². The third-order valence-corrected chi connectivity index (χ3v) is 1.69. The second-order valence-electron chi connectivity index (χ2n) is 2.90. The first-order valence-electron chi connectivity index (χ1n) is 4.06. The maximum Gasteiger partial charge on any atom is 0.574 e. The summed E-state index contributed by atoms with van der Waals surface area (Å²) in [5.74, 6) is -3.16. The number of pyridine rings is 1. The highest BCUT2D eigenvalue weighted by atomic mass is 19.4. The molecule has 0 aliphatic heterocycles. The Labute approximate surface area is 94.8 Å². The largest absolute Gasteiger partial charge is 0.574 e. The number of alkyl halides is 6. The molecule has 1 N–H and O–H groups in total. The second kappa shape index (κ2) is 4.35. The van der Waals surface area contributed by atoms with Crippen molar-refractivity contribution in [3.05, 3.63) is 17.3 Å². The van der Waals surface area contributed by atoms with Gasteiger partial charge in [0.2, 0.25) is 0 Å². The van der Waals surface area contributed by atoms with E-state index >= 15 is 0 Å². The van der Waals surface area contributed by atoms with Gasteiger partial charge in [0, 0.05) is 6.20 Å². The lowest BCUT2D eigenvalue weighted by Gasteiger charge is -2.13. The molecule has 0 fully saturated rings. The molecule has 1 aromatic rings. The fourth-order valence-corrected chi connectivity index (χ4v) is 1.03. The van der Waals surface area contributed by atoms with E-state index in [1.165, 1.54) is 0 Å². The summed E-state index contributed by atoms with van der Waals surface area (Å²) in [4.78, 5) is 13.1.